The first-order valence-electron chi connectivity index (χ1n) is 8.53. The van der Waals surface area contributed by atoms with Gasteiger partial charge in [-0.15, -0.1) is 0 Å². The Kier molecular flexibility index (Phi) is 6.10. The first-order valence-corrected chi connectivity index (χ1v) is 8.53. The van der Waals surface area contributed by atoms with Crippen molar-refractivity contribution >= 4 is 0 Å². The third kappa shape index (κ3) is 4.47. The van der Waals surface area contributed by atoms with Crippen molar-refractivity contribution in [2.75, 3.05) is 20.2 Å². The molecule has 1 aromatic carbocycles. The highest BCUT2D eigenvalue weighted by atomic mass is 16.5. The van der Waals surface area contributed by atoms with Gasteiger partial charge in [-0.3, -0.25) is 0 Å². The third-order valence-corrected chi connectivity index (χ3v) is 4.84. The maximum atomic E-state index is 5.59. The van der Waals surface area contributed by atoms with Crippen LogP contribution >= 0.6 is 0 Å². The molecule has 2 heteroatoms. The van der Waals surface area contributed by atoms with Crippen molar-refractivity contribution in [3.63, 3.8) is 0 Å². The molecule has 0 aromatic heterocycles. The molecule has 1 aromatic rings. The molecule has 0 spiro atoms. The summed E-state index contributed by atoms with van der Waals surface area (Å²) in [6.07, 6.45) is 9.21. The number of nitrogens with one attached hydrogen (secondary N) is 1. The second-order valence-corrected chi connectivity index (χ2v) is 6.73. The summed E-state index contributed by atoms with van der Waals surface area (Å²) in [6, 6.07) is 6.58. The van der Waals surface area contributed by atoms with Gasteiger partial charge in [-0.2, -0.15) is 0 Å². The average molecular weight is 289 g/mol. The smallest absolute Gasteiger partial charge is 0.122 e. The zero-order chi connectivity index (χ0) is 15.1. The Morgan fingerprint density at radius 1 is 1.19 bits per heavy atom. The predicted molar refractivity (Wildman–Crippen MR) is 90.1 cm³/mol. The summed E-state index contributed by atoms with van der Waals surface area (Å²) in [5.74, 6) is 1.06. The standard InChI is InChI=1S/C19H31NO/c1-4-12-20-15-19(10-6-5-7-11-19)14-17-13-16(2)8-9-18(17)21-3/h8-9,13,20H,4-7,10-12,14-15H2,1-3H3. The van der Waals surface area contributed by atoms with Crippen LogP contribution in [-0.2, 0) is 6.42 Å². The maximum Gasteiger partial charge on any atom is 0.122 e. The summed E-state index contributed by atoms with van der Waals surface area (Å²) in [5, 5.41) is 3.68. The van der Waals surface area contributed by atoms with Crippen LogP contribution in [-0.4, -0.2) is 20.2 Å². The molecule has 1 N–H and O–H groups in total. The van der Waals surface area contributed by atoms with E-state index in [1.807, 2.05) is 0 Å². The van der Waals surface area contributed by atoms with Crippen molar-refractivity contribution in [1.29, 1.82) is 0 Å². The SMILES string of the molecule is CCCNCC1(Cc2cc(C)ccc2OC)CCCCC1. The van der Waals surface area contributed by atoms with Crippen molar-refractivity contribution in [3.8, 4) is 5.75 Å². The van der Waals surface area contributed by atoms with Crippen LogP contribution in [0.1, 0.15) is 56.6 Å². The monoisotopic (exact) mass is 289 g/mol. The van der Waals surface area contributed by atoms with Gasteiger partial charge in [0.15, 0.2) is 0 Å². The Morgan fingerprint density at radius 3 is 2.62 bits per heavy atom. The van der Waals surface area contributed by atoms with Crippen molar-refractivity contribution in [2.24, 2.45) is 5.41 Å². The molecule has 2 rings (SSSR count). The van der Waals surface area contributed by atoms with E-state index in [1.54, 1.807) is 7.11 Å². The molecule has 0 radical (unpaired) electrons. The van der Waals surface area contributed by atoms with E-state index in [9.17, 15) is 0 Å². The molecule has 1 aliphatic carbocycles. The first kappa shape index (κ1) is 16.4. The second-order valence-electron chi connectivity index (χ2n) is 6.73. The molecule has 0 bridgehead atoms. The number of benzene rings is 1. The summed E-state index contributed by atoms with van der Waals surface area (Å²) >= 11 is 0. The molecule has 118 valence electrons. The van der Waals surface area contributed by atoms with Crippen LogP contribution in [0.5, 0.6) is 5.75 Å². The molecule has 0 aliphatic heterocycles. The molecular weight excluding hydrogens is 258 g/mol. The Morgan fingerprint density at radius 2 is 1.95 bits per heavy atom. The molecule has 0 saturated heterocycles. The summed E-state index contributed by atoms with van der Waals surface area (Å²) in [6.45, 7) is 6.70. The molecule has 0 atom stereocenters. The van der Waals surface area contributed by atoms with Crippen LogP contribution in [0.2, 0.25) is 0 Å². The highest BCUT2D eigenvalue weighted by Gasteiger charge is 2.32. The van der Waals surface area contributed by atoms with Crippen molar-refractivity contribution in [3.05, 3.63) is 29.3 Å². The Labute approximate surface area is 130 Å². The summed E-state index contributed by atoms with van der Waals surface area (Å²) in [7, 11) is 1.79. The molecule has 0 unspecified atom stereocenters. The zero-order valence-corrected chi connectivity index (χ0v) is 14.0. The number of ether oxygens (including phenoxy) is 1. The minimum atomic E-state index is 0.425. The fourth-order valence-corrected chi connectivity index (χ4v) is 3.70. The van der Waals surface area contributed by atoms with Crippen LogP contribution < -0.4 is 10.1 Å². The van der Waals surface area contributed by atoms with E-state index < -0.39 is 0 Å². The largest absolute Gasteiger partial charge is 0.496 e. The lowest BCUT2D eigenvalue weighted by Gasteiger charge is -2.38. The van der Waals surface area contributed by atoms with Crippen molar-refractivity contribution < 1.29 is 4.74 Å². The van der Waals surface area contributed by atoms with E-state index in [-0.39, 0.29) is 0 Å². The maximum absolute atomic E-state index is 5.59. The topological polar surface area (TPSA) is 21.3 Å². The lowest BCUT2D eigenvalue weighted by atomic mass is 9.70. The van der Waals surface area contributed by atoms with Gasteiger partial charge >= 0.3 is 0 Å². The van der Waals surface area contributed by atoms with Gasteiger partial charge in [0, 0.05) is 6.54 Å². The fourth-order valence-electron chi connectivity index (χ4n) is 3.70. The van der Waals surface area contributed by atoms with Crippen LogP contribution in [0.25, 0.3) is 0 Å². The predicted octanol–water partition coefficient (Wildman–Crippen LogP) is 4.50. The minimum absolute atomic E-state index is 0.425. The number of aryl methyl sites for hydroxylation is 1. The Hall–Kier alpha value is -1.02. The highest BCUT2D eigenvalue weighted by molar-refractivity contribution is 5.37. The van der Waals surface area contributed by atoms with E-state index >= 15 is 0 Å². The lowest BCUT2D eigenvalue weighted by molar-refractivity contribution is 0.179. The van der Waals surface area contributed by atoms with Gasteiger partial charge < -0.3 is 10.1 Å². The van der Waals surface area contributed by atoms with E-state index in [1.165, 1.54) is 49.7 Å². The Bertz CT molecular complexity index is 435. The van der Waals surface area contributed by atoms with Crippen LogP contribution in [0.4, 0.5) is 0 Å². The van der Waals surface area contributed by atoms with E-state index in [2.05, 4.69) is 37.4 Å². The van der Waals surface area contributed by atoms with Crippen LogP contribution in [0.15, 0.2) is 18.2 Å². The lowest BCUT2D eigenvalue weighted by Crippen LogP contribution is -2.38. The molecule has 1 saturated carbocycles. The third-order valence-electron chi connectivity index (χ3n) is 4.84. The van der Waals surface area contributed by atoms with Gasteiger partial charge in [-0.25, -0.2) is 0 Å². The van der Waals surface area contributed by atoms with Crippen LogP contribution in [0, 0.1) is 12.3 Å². The first-order chi connectivity index (χ1) is 10.2. The summed E-state index contributed by atoms with van der Waals surface area (Å²) < 4.78 is 5.59. The Balaban J connectivity index is 2.15. The molecule has 2 nitrogen and oxygen atoms in total. The summed E-state index contributed by atoms with van der Waals surface area (Å²) in [5.41, 5.74) is 3.14. The molecule has 1 fully saturated rings. The summed E-state index contributed by atoms with van der Waals surface area (Å²) in [4.78, 5) is 0. The highest BCUT2D eigenvalue weighted by Crippen LogP contribution is 2.40. The average Bonchev–Trinajstić information content (AvgIpc) is 2.49. The number of hydrogen-bond donors (Lipinski definition) is 1. The van der Waals surface area contributed by atoms with E-state index in [0.29, 0.717) is 5.41 Å². The molecule has 0 amide bonds. The van der Waals surface area contributed by atoms with Gasteiger partial charge in [0.05, 0.1) is 7.11 Å². The van der Waals surface area contributed by atoms with E-state index in [4.69, 9.17) is 4.74 Å². The molecular formula is C19H31NO. The minimum Gasteiger partial charge on any atom is -0.496 e. The number of methoxy groups -OCH3 is 1. The molecule has 21 heavy (non-hydrogen) atoms. The number of rotatable bonds is 7. The van der Waals surface area contributed by atoms with Crippen LogP contribution in [0.3, 0.4) is 0 Å². The van der Waals surface area contributed by atoms with E-state index in [0.717, 1.165) is 25.3 Å². The zero-order valence-electron chi connectivity index (χ0n) is 14.0. The van der Waals surface area contributed by atoms with Crippen molar-refractivity contribution in [1.82, 2.24) is 5.32 Å². The quantitative estimate of drug-likeness (QED) is 0.746. The normalized spacial score (nSPS) is 17.7. The molecule has 1 aliphatic rings. The van der Waals surface area contributed by atoms with Gasteiger partial charge in [0.2, 0.25) is 0 Å². The van der Waals surface area contributed by atoms with Crippen molar-refractivity contribution in [2.45, 2.75) is 58.8 Å². The van der Waals surface area contributed by atoms with Gasteiger partial charge in [-0.05, 0) is 56.2 Å². The van der Waals surface area contributed by atoms with Gasteiger partial charge in [0.1, 0.15) is 5.75 Å². The molecule has 0 heterocycles. The fraction of sp³-hybridized carbons (Fsp3) is 0.684. The second kappa shape index (κ2) is 7.84. The number of hydrogen-bond acceptors (Lipinski definition) is 2. The van der Waals surface area contributed by atoms with Gasteiger partial charge in [-0.1, -0.05) is 43.9 Å². The van der Waals surface area contributed by atoms with Gasteiger partial charge in [0.25, 0.3) is 0 Å².